The van der Waals surface area contributed by atoms with Crippen molar-refractivity contribution in [3.63, 3.8) is 0 Å². The van der Waals surface area contributed by atoms with E-state index in [1.807, 2.05) is 36.2 Å². The van der Waals surface area contributed by atoms with Crippen molar-refractivity contribution in [2.45, 2.75) is 0 Å². The fourth-order valence-corrected chi connectivity index (χ4v) is 2.37. The van der Waals surface area contributed by atoms with Gasteiger partial charge in [-0.3, -0.25) is 9.69 Å². The molecule has 20 heavy (non-hydrogen) atoms. The van der Waals surface area contributed by atoms with Crippen LogP contribution in [0.4, 0.5) is 11.6 Å². The van der Waals surface area contributed by atoms with Crippen molar-refractivity contribution in [3.8, 4) is 11.1 Å². The molecule has 1 aliphatic heterocycles. The summed E-state index contributed by atoms with van der Waals surface area (Å²) < 4.78 is 4.88. The number of nitrogens with zero attached hydrogens (tertiary/aromatic N) is 3. The molecule has 0 bridgehead atoms. The van der Waals surface area contributed by atoms with Gasteiger partial charge in [-0.25, -0.2) is 0 Å². The van der Waals surface area contributed by atoms with Gasteiger partial charge in [0.2, 0.25) is 11.8 Å². The van der Waals surface area contributed by atoms with E-state index in [2.05, 4.69) is 5.16 Å². The minimum atomic E-state index is 0.106. The Morgan fingerprint density at radius 1 is 1.35 bits per heavy atom. The first kappa shape index (κ1) is 12.7. The number of rotatable bonds is 2. The number of carbonyl (C=O) groups is 1. The van der Waals surface area contributed by atoms with Crippen molar-refractivity contribution in [1.82, 2.24) is 10.1 Å². The van der Waals surface area contributed by atoms with Crippen molar-refractivity contribution in [2.24, 2.45) is 0 Å². The molecule has 104 valence electrons. The molecule has 6 nitrogen and oxygen atoms in total. The summed E-state index contributed by atoms with van der Waals surface area (Å²) in [6.07, 6.45) is 1.58. The predicted octanol–water partition coefficient (Wildman–Crippen LogP) is 1.20. The van der Waals surface area contributed by atoms with Crippen molar-refractivity contribution in [2.75, 3.05) is 37.3 Å². The highest BCUT2D eigenvalue weighted by atomic mass is 16.5. The van der Waals surface area contributed by atoms with Crippen LogP contribution in [0.15, 0.2) is 35.0 Å². The van der Waals surface area contributed by atoms with Crippen molar-refractivity contribution in [1.29, 1.82) is 0 Å². The summed E-state index contributed by atoms with van der Waals surface area (Å²) in [4.78, 5) is 15.9. The minimum Gasteiger partial charge on any atom is -0.367 e. The van der Waals surface area contributed by atoms with E-state index in [-0.39, 0.29) is 11.8 Å². The summed E-state index contributed by atoms with van der Waals surface area (Å²) in [5.41, 5.74) is 8.25. The fraction of sp³-hybridized carbons (Fsp3) is 0.286. The van der Waals surface area contributed by atoms with Crippen LogP contribution in [0.3, 0.4) is 0 Å². The van der Waals surface area contributed by atoms with E-state index < -0.39 is 0 Å². The number of hydrogen-bond acceptors (Lipinski definition) is 5. The number of piperazine rings is 1. The average molecular weight is 272 g/mol. The van der Waals surface area contributed by atoms with E-state index in [0.29, 0.717) is 13.1 Å². The third-order valence-corrected chi connectivity index (χ3v) is 3.48. The standard InChI is InChI=1S/C14H16N4O2/c1-17-5-6-18(13(19)9-17)11-4-2-3-10(7-11)12-8-16-20-14(12)15/h2-4,7-8H,5-6,9,15H2,1H3. The van der Waals surface area contributed by atoms with E-state index in [1.165, 1.54) is 0 Å². The van der Waals surface area contributed by atoms with Gasteiger partial charge in [0.25, 0.3) is 0 Å². The molecule has 1 saturated heterocycles. The number of anilines is 2. The van der Waals surface area contributed by atoms with E-state index in [9.17, 15) is 4.79 Å². The summed E-state index contributed by atoms with van der Waals surface area (Å²) in [7, 11) is 1.95. The molecule has 6 heteroatoms. The Labute approximate surface area is 116 Å². The average Bonchev–Trinajstić information content (AvgIpc) is 2.85. The van der Waals surface area contributed by atoms with Gasteiger partial charge in [-0.1, -0.05) is 17.3 Å². The van der Waals surface area contributed by atoms with Gasteiger partial charge in [0.1, 0.15) is 0 Å². The Bertz CT molecular complexity index is 638. The topological polar surface area (TPSA) is 75.6 Å². The molecule has 1 fully saturated rings. The molecule has 0 saturated carbocycles. The van der Waals surface area contributed by atoms with Gasteiger partial charge < -0.3 is 15.2 Å². The highest BCUT2D eigenvalue weighted by Gasteiger charge is 2.23. The molecule has 0 spiro atoms. The summed E-state index contributed by atoms with van der Waals surface area (Å²) >= 11 is 0. The van der Waals surface area contributed by atoms with Crippen LogP contribution in [-0.2, 0) is 4.79 Å². The van der Waals surface area contributed by atoms with Gasteiger partial charge in [0.05, 0.1) is 18.3 Å². The first-order chi connectivity index (χ1) is 9.65. The Morgan fingerprint density at radius 2 is 2.20 bits per heavy atom. The maximum atomic E-state index is 12.1. The molecule has 1 aromatic carbocycles. The van der Waals surface area contributed by atoms with E-state index >= 15 is 0 Å². The molecule has 2 heterocycles. The van der Waals surface area contributed by atoms with Crippen LogP contribution in [0.1, 0.15) is 0 Å². The SMILES string of the molecule is CN1CCN(c2cccc(-c3cnoc3N)c2)C(=O)C1. The van der Waals surface area contributed by atoms with Gasteiger partial charge in [0, 0.05) is 18.8 Å². The second kappa shape index (κ2) is 4.97. The molecular formula is C14H16N4O2. The number of hydrogen-bond donors (Lipinski definition) is 1. The Kier molecular flexibility index (Phi) is 3.15. The smallest absolute Gasteiger partial charge is 0.241 e. The van der Waals surface area contributed by atoms with Gasteiger partial charge >= 0.3 is 0 Å². The predicted molar refractivity (Wildman–Crippen MR) is 76.2 cm³/mol. The number of nitrogens with two attached hydrogens (primary N) is 1. The largest absolute Gasteiger partial charge is 0.367 e. The van der Waals surface area contributed by atoms with Gasteiger partial charge in [-0.2, -0.15) is 0 Å². The van der Waals surface area contributed by atoms with Crippen LogP contribution in [0.5, 0.6) is 0 Å². The lowest BCUT2D eigenvalue weighted by molar-refractivity contribution is -0.120. The maximum Gasteiger partial charge on any atom is 0.241 e. The molecule has 0 atom stereocenters. The Morgan fingerprint density at radius 3 is 2.90 bits per heavy atom. The van der Waals surface area contributed by atoms with Crippen LogP contribution in [-0.4, -0.2) is 42.6 Å². The van der Waals surface area contributed by atoms with E-state index in [0.717, 1.165) is 23.4 Å². The third-order valence-electron chi connectivity index (χ3n) is 3.48. The molecule has 1 aliphatic rings. The summed E-state index contributed by atoms with van der Waals surface area (Å²) in [6.45, 7) is 2.00. The zero-order valence-corrected chi connectivity index (χ0v) is 11.2. The molecule has 0 radical (unpaired) electrons. The van der Waals surface area contributed by atoms with E-state index in [4.69, 9.17) is 10.3 Å². The molecule has 3 rings (SSSR count). The fourth-order valence-electron chi connectivity index (χ4n) is 2.37. The van der Waals surface area contributed by atoms with Crippen LogP contribution in [0.2, 0.25) is 0 Å². The number of aromatic nitrogens is 1. The zero-order chi connectivity index (χ0) is 14.1. The number of amides is 1. The number of nitrogen functional groups attached to an aromatic ring is 1. The molecule has 1 amide bonds. The lowest BCUT2D eigenvalue weighted by Gasteiger charge is -2.32. The van der Waals surface area contributed by atoms with Gasteiger partial charge in [-0.05, 0) is 24.7 Å². The second-order valence-corrected chi connectivity index (χ2v) is 4.94. The second-order valence-electron chi connectivity index (χ2n) is 4.94. The van der Waals surface area contributed by atoms with Crippen LogP contribution >= 0.6 is 0 Å². The number of carbonyl (C=O) groups excluding carboxylic acids is 1. The summed E-state index contributed by atoms with van der Waals surface area (Å²) in [5, 5.41) is 3.68. The lowest BCUT2D eigenvalue weighted by Crippen LogP contribution is -2.48. The Hall–Kier alpha value is -2.34. The van der Waals surface area contributed by atoms with Crippen LogP contribution in [0, 0.1) is 0 Å². The molecule has 1 aromatic heterocycles. The third kappa shape index (κ3) is 2.25. The molecule has 2 aromatic rings. The van der Waals surface area contributed by atoms with Gasteiger partial charge in [-0.15, -0.1) is 0 Å². The Balaban J connectivity index is 1.92. The number of benzene rings is 1. The van der Waals surface area contributed by atoms with Crippen molar-refractivity contribution >= 4 is 17.5 Å². The minimum absolute atomic E-state index is 0.106. The monoisotopic (exact) mass is 272 g/mol. The van der Waals surface area contributed by atoms with E-state index in [1.54, 1.807) is 11.1 Å². The highest BCUT2D eigenvalue weighted by Crippen LogP contribution is 2.29. The molecular weight excluding hydrogens is 256 g/mol. The first-order valence-corrected chi connectivity index (χ1v) is 6.44. The number of likely N-dealkylation sites (N-methyl/N-ethyl adjacent to an activating group) is 1. The van der Waals surface area contributed by atoms with Crippen molar-refractivity contribution < 1.29 is 9.32 Å². The normalized spacial score (nSPS) is 16.6. The molecule has 0 aliphatic carbocycles. The quantitative estimate of drug-likeness (QED) is 0.889. The van der Waals surface area contributed by atoms with Crippen LogP contribution in [0.25, 0.3) is 11.1 Å². The highest BCUT2D eigenvalue weighted by molar-refractivity contribution is 5.96. The summed E-state index contributed by atoms with van der Waals surface area (Å²) in [6, 6.07) is 7.69. The molecule has 0 unspecified atom stereocenters. The summed E-state index contributed by atoms with van der Waals surface area (Å²) in [5.74, 6) is 0.390. The maximum absolute atomic E-state index is 12.1. The zero-order valence-electron chi connectivity index (χ0n) is 11.2. The van der Waals surface area contributed by atoms with Gasteiger partial charge in [0.15, 0.2) is 0 Å². The lowest BCUT2D eigenvalue weighted by atomic mass is 10.1. The van der Waals surface area contributed by atoms with Crippen molar-refractivity contribution in [3.05, 3.63) is 30.5 Å². The first-order valence-electron chi connectivity index (χ1n) is 6.44. The molecule has 2 N–H and O–H groups in total. The van der Waals surface area contributed by atoms with Crippen LogP contribution < -0.4 is 10.6 Å².